The third-order valence-electron chi connectivity index (χ3n) is 4.08. The van der Waals surface area contributed by atoms with Crippen molar-refractivity contribution in [1.29, 1.82) is 0 Å². The van der Waals surface area contributed by atoms with Crippen LogP contribution in [0.1, 0.15) is 36.9 Å². The fourth-order valence-electron chi connectivity index (χ4n) is 2.95. The second-order valence-electron chi connectivity index (χ2n) is 5.64. The highest BCUT2D eigenvalue weighted by molar-refractivity contribution is 5.74. The zero-order chi connectivity index (χ0) is 15.5. The van der Waals surface area contributed by atoms with E-state index in [1.165, 1.54) is 0 Å². The Morgan fingerprint density at radius 1 is 1.32 bits per heavy atom. The summed E-state index contributed by atoms with van der Waals surface area (Å²) in [5.41, 5.74) is 2.19. The highest BCUT2D eigenvalue weighted by Crippen LogP contribution is 2.32. The van der Waals surface area contributed by atoms with Gasteiger partial charge in [-0.15, -0.1) is 0 Å². The van der Waals surface area contributed by atoms with Crippen LogP contribution in [0.4, 0.5) is 11.6 Å². The van der Waals surface area contributed by atoms with E-state index in [-0.39, 0.29) is 11.9 Å². The molecule has 3 heterocycles. The van der Waals surface area contributed by atoms with Gasteiger partial charge in [0.2, 0.25) is 5.91 Å². The average molecular weight is 296 g/mol. The van der Waals surface area contributed by atoms with E-state index in [1.54, 1.807) is 19.3 Å². The Labute approximate surface area is 130 Å². The molecule has 1 saturated heterocycles. The van der Waals surface area contributed by atoms with Crippen molar-refractivity contribution in [2.45, 2.75) is 32.7 Å². The Hall–Kier alpha value is -2.43. The lowest BCUT2D eigenvalue weighted by Gasteiger charge is -2.24. The lowest BCUT2D eigenvalue weighted by Crippen LogP contribution is -2.28. The van der Waals surface area contributed by atoms with Gasteiger partial charge in [-0.05, 0) is 49.1 Å². The van der Waals surface area contributed by atoms with Crippen molar-refractivity contribution < 1.29 is 4.79 Å². The number of hydrogen-bond acceptors (Lipinski definition) is 4. The van der Waals surface area contributed by atoms with Crippen LogP contribution in [0.5, 0.6) is 0 Å². The Bertz CT molecular complexity index is 686. The Morgan fingerprint density at radius 3 is 2.95 bits per heavy atom. The minimum absolute atomic E-state index is 0.134. The predicted molar refractivity (Wildman–Crippen MR) is 85.9 cm³/mol. The number of aromatic nitrogens is 2. The summed E-state index contributed by atoms with van der Waals surface area (Å²) >= 11 is 0. The summed E-state index contributed by atoms with van der Waals surface area (Å²) < 4.78 is 0. The first-order chi connectivity index (χ1) is 10.6. The van der Waals surface area contributed by atoms with Crippen LogP contribution in [0, 0.1) is 6.92 Å². The number of nitrogens with zero attached hydrogens (tertiary/aromatic N) is 3. The number of hydrogen-bond donors (Lipinski definition) is 1. The van der Waals surface area contributed by atoms with Gasteiger partial charge in [-0.25, -0.2) is 9.97 Å². The summed E-state index contributed by atoms with van der Waals surface area (Å²) in [6, 6.07) is 8.08. The summed E-state index contributed by atoms with van der Waals surface area (Å²) in [4.78, 5) is 22.4. The first-order valence-corrected chi connectivity index (χ1v) is 7.57. The molecule has 5 heteroatoms. The van der Waals surface area contributed by atoms with Crippen LogP contribution in [0.3, 0.4) is 0 Å². The van der Waals surface area contributed by atoms with Gasteiger partial charge in [-0.3, -0.25) is 4.79 Å². The first kappa shape index (κ1) is 14.5. The van der Waals surface area contributed by atoms with Gasteiger partial charge in [0.15, 0.2) is 0 Å². The maximum atomic E-state index is 11.7. The molecule has 0 aromatic carbocycles. The molecule has 0 radical (unpaired) electrons. The highest BCUT2D eigenvalue weighted by Gasteiger charge is 2.27. The molecule has 5 nitrogen and oxygen atoms in total. The Morgan fingerprint density at radius 2 is 2.18 bits per heavy atom. The van der Waals surface area contributed by atoms with Crippen LogP contribution in [0.2, 0.25) is 0 Å². The molecule has 0 aliphatic carbocycles. The van der Waals surface area contributed by atoms with Gasteiger partial charge < -0.3 is 10.2 Å². The molecule has 1 aliphatic rings. The minimum Gasteiger partial charge on any atom is -0.336 e. The molecule has 1 atom stereocenters. The molecule has 1 N–H and O–H groups in total. The van der Waals surface area contributed by atoms with Crippen LogP contribution in [0.25, 0.3) is 0 Å². The fourth-order valence-corrected chi connectivity index (χ4v) is 2.95. The van der Waals surface area contributed by atoms with Crippen molar-refractivity contribution in [3.63, 3.8) is 0 Å². The monoisotopic (exact) mass is 296 g/mol. The Balaban J connectivity index is 1.84. The molecule has 22 heavy (non-hydrogen) atoms. The lowest BCUT2D eigenvalue weighted by atomic mass is 10.1. The molecule has 114 valence electrons. The zero-order valence-electron chi connectivity index (χ0n) is 12.9. The van der Waals surface area contributed by atoms with E-state index in [9.17, 15) is 4.79 Å². The van der Waals surface area contributed by atoms with Crippen molar-refractivity contribution in [2.75, 3.05) is 11.9 Å². The predicted octanol–water partition coefficient (Wildman–Crippen LogP) is 3.21. The number of nitrogens with one attached hydrogen (secondary N) is 1. The summed E-state index contributed by atoms with van der Waals surface area (Å²) in [6.07, 6.45) is 5.60. The van der Waals surface area contributed by atoms with Gasteiger partial charge in [0.1, 0.15) is 11.6 Å². The number of amides is 1. The second kappa shape index (κ2) is 6.13. The molecule has 1 amide bonds. The zero-order valence-corrected chi connectivity index (χ0v) is 12.9. The number of carbonyl (C=O) groups excluding carboxylic acids is 1. The van der Waals surface area contributed by atoms with Crippen LogP contribution in [0.15, 0.2) is 36.7 Å². The number of pyridine rings is 2. The molecule has 0 unspecified atom stereocenters. The molecule has 3 rings (SSSR count). The van der Waals surface area contributed by atoms with Gasteiger partial charge >= 0.3 is 0 Å². The average Bonchev–Trinajstić information content (AvgIpc) is 3.00. The summed E-state index contributed by atoms with van der Waals surface area (Å²) in [5.74, 6) is 1.70. The molecule has 0 bridgehead atoms. The van der Waals surface area contributed by atoms with E-state index in [0.29, 0.717) is 0 Å². The van der Waals surface area contributed by atoms with E-state index in [4.69, 9.17) is 0 Å². The van der Waals surface area contributed by atoms with Crippen molar-refractivity contribution in [1.82, 2.24) is 14.9 Å². The maximum Gasteiger partial charge on any atom is 0.219 e. The largest absolute Gasteiger partial charge is 0.336 e. The van der Waals surface area contributed by atoms with E-state index in [2.05, 4.69) is 15.3 Å². The van der Waals surface area contributed by atoms with Crippen LogP contribution >= 0.6 is 0 Å². The van der Waals surface area contributed by atoms with Gasteiger partial charge in [-0.2, -0.15) is 0 Å². The topological polar surface area (TPSA) is 58.1 Å². The van der Waals surface area contributed by atoms with Crippen molar-refractivity contribution in [3.8, 4) is 0 Å². The number of rotatable bonds is 3. The van der Waals surface area contributed by atoms with Crippen molar-refractivity contribution in [2.24, 2.45) is 0 Å². The summed E-state index contributed by atoms with van der Waals surface area (Å²) in [7, 11) is 0. The molecule has 0 spiro atoms. The minimum atomic E-state index is 0.134. The summed E-state index contributed by atoms with van der Waals surface area (Å²) in [5, 5.41) is 3.25. The highest BCUT2D eigenvalue weighted by atomic mass is 16.2. The summed E-state index contributed by atoms with van der Waals surface area (Å²) in [6.45, 7) is 4.48. The van der Waals surface area contributed by atoms with Crippen LogP contribution < -0.4 is 5.32 Å². The third-order valence-corrected chi connectivity index (χ3v) is 4.08. The first-order valence-electron chi connectivity index (χ1n) is 7.57. The molecule has 0 saturated carbocycles. The van der Waals surface area contributed by atoms with E-state index in [0.717, 1.165) is 42.1 Å². The van der Waals surface area contributed by atoms with Gasteiger partial charge in [-0.1, -0.05) is 6.07 Å². The van der Waals surface area contributed by atoms with Gasteiger partial charge in [0.25, 0.3) is 0 Å². The molecule has 1 aliphatic heterocycles. The van der Waals surface area contributed by atoms with Crippen LogP contribution in [-0.2, 0) is 4.79 Å². The molecular formula is C17H20N4O. The Kier molecular flexibility index (Phi) is 4.04. The normalized spacial score (nSPS) is 17.5. The lowest BCUT2D eigenvalue weighted by molar-refractivity contribution is -0.129. The van der Waals surface area contributed by atoms with E-state index >= 15 is 0 Å². The second-order valence-corrected chi connectivity index (χ2v) is 5.64. The number of anilines is 2. The van der Waals surface area contributed by atoms with Gasteiger partial charge in [0.05, 0.1) is 6.04 Å². The fraction of sp³-hybridized carbons (Fsp3) is 0.353. The molecule has 1 fully saturated rings. The number of carbonyl (C=O) groups is 1. The van der Waals surface area contributed by atoms with Crippen molar-refractivity contribution in [3.05, 3.63) is 47.8 Å². The standard InChI is InChI=1S/C17H20N4O/c1-12-5-3-8-19-17(12)20-16-11-14(7-9-18-16)15-6-4-10-21(15)13(2)22/h3,5,7-9,11,15H,4,6,10H2,1-2H3,(H,18,19,20)/t15-/m0/s1. The smallest absolute Gasteiger partial charge is 0.219 e. The third kappa shape index (κ3) is 2.93. The SMILES string of the molecule is CC(=O)N1CCC[C@H]1c1ccnc(Nc2ncccc2C)c1. The van der Waals surface area contributed by atoms with Gasteiger partial charge in [0, 0.05) is 25.9 Å². The van der Waals surface area contributed by atoms with Crippen molar-refractivity contribution >= 4 is 17.5 Å². The molecule has 2 aromatic rings. The quantitative estimate of drug-likeness (QED) is 0.945. The van der Waals surface area contributed by atoms with E-state index < -0.39 is 0 Å². The number of likely N-dealkylation sites (tertiary alicyclic amines) is 1. The molecular weight excluding hydrogens is 276 g/mol. The molecule has 2 aromatic heterocycles. The van der Waals surface area contributed by atoms with E-state index in [1.807, 2.05) is 36.1 Å². The number of aryl methyl sites for hydroxylation is 1. The van der Waals surface area contributed by atoms with Crippen LogP contribution in [-0.4, -0.2) is 27.3 Å². The maximum absolute atomic E-state index is 11.7.